The summed E-state index contributed by atoms with van der Waals surface area (Å²) in [6, 6.07) is 7.56. The molecule has 0 aliphatic heterocycles. The molecule has 1 aromatic heterocycles. The van der Waals surface area contributed by atoms with Crippen LogP contribution in [0.4, 0.5) is 8.78 Å². The molecule has 1 N–H and O–H groups in total. The minimum absolute atomic E-state index is 0.345. The molecule has 1 heterocycles. The number of hydrogen-bond donors (Lipinski definition) is 1. The molecule has 0 unspecified atom stereocenters. The molecule has 0 atom stereocenters. The molecule has 22 heavy (non-hydrogen) atoms. The van der Waals surface area contributed by atoms with Crippen LogP contribution >= 0.6 is 11.6 Å². The Labute approximate surface area is 131 Å². The van der Waals surface area contributed by atoms with Crippen LogP contribution in [0.2, 0.25) is 5.02 Å². The lowest BCUT2D eigenvalue weighted by atomic mass is 10.00. The molecule has 0 saturated carbocycles. The predicted molar refractivity (Wildman–Crippen MR) is 85.6 cm³/mol. The van der Waals surface area contributed by atoms with Crippen molar-refractivity contribution in [2.45, 2.75) is 13.3 Å². The van der Waals surface area contributed by atoms with E-state index in [1.54, 1.807) is 12.3 Å². The number of benzene rings is 2. The maximum Gasteiger partial charge on any atom is 0.149 e. The van der Waals surface area contributed by atoms with E-state index in [4.69, 9.17) is 11.6 Å². The molecular weight excluding hydrogens is 306 g/mol. The second-order valence-electron chi connectivity index (χ2n) is 4.98. The van der Waals surface area contributed by atoms with Gasteiger partial charge < -0.3 is 0 Å². The third-order valence-corrected chi connectivity index (χ3v) is 3.83. The molecule has 0 aliphatic carbocycles. The molecule has 0 amide bonds. The first-order valence-corrected chi connectivity index (χ1v) is 7.25. The van der Waals surface area contributed by atoms with Crippen LogP contribution in [0.25, 0.3) is 22.6 Å². The molecule has 0 radical (unpaired) electrons. The Morgan fingerprint density at radius 1 is 1.27 bits per heavy atom. The number of H-pyrrole nitrogens is 1. The molecule has 2 nitrogen and oxygen atoms in total. The van der Waals surface area contributed by atoms with Crippen LogP contribution in [-0.4, -0.2) is 10.2 Å². The maximum absolute atomic E-state index is 14.0. The summed E-state index contributed by atoms with van der Waals surface area (Å²) < 4.78 is 27.2. The van der Waals surface area contributed by atoms with E-state index in [-0.39, 0.29) is 11.6 Å². The van der Waals surface area contributed by atoms with Crippen LogP contribution in [-0.2, 0) is 0 Å². The molecule has 0 bridgehead atoms. The highest BCUT2D eigenvalue weighted by molar-refractivity contribution is 6.32. The van der Waals surface area contributed by atoms with Gasteiger partial charge in [-0.1, -0.05) is 30.7 Å². The highest BCUT2D eigenvalue weighted by atomic mass is 35.5. The molecule has 0 spiro atoms. The Bertz CT molecular complexity index is 868. The van der Waals surface area contributed by atoms with Crippen LogP contribution in [0.3, 0.4) is 0 Å². The van der Waals surface area contributed by atoms with Crippen molar-refractivity contribution in [1.29, 1.82) is 0 Å². The van der Waals surface area contributed by atoms with Crippen LogP contribution in [0, 0.1) is 11.6 Å². The molecule has 2 aromatic carbocycles. The number of aromatic amines is 1. The van der Waals surface area contributed by atoms with E-state index in [0.29, 0.717) is 27.9 Å². The smallest absolute Gasteiger partial charge is 0.149 e. The third-order valence-electron chi connectivity index (χ3n) is 3.52. The van der Waals surface area contributed by atoms with Crippen molar-refractivity contribution >= 4 is 34.2 Å². The number of nitrogens with one attached hydrogen (secondary N) is 1. The summed E-state index contributed by atoms with van der Waals surface area (Å²) in [5.74, 6) is -0.739. The molecule has 3 aromatic rings. The third kappa shape index (κ3) is 2.74. The van der Waals surface area contributed by atoms with Gasteiger partial charge in [0.1, 0.15) is 17.2 Å². The van der Waals surface area contributed by atoms with Crippen LogP contribution in [0.1, 0.15) is 24.5 Å². The Morgan fingerprint density at radius 3 is 2.82 bits per heavy atom. The van der Waals surface area contributed by atoms with Crippen molar-refractivity contribution < 1.29 is 8.78 Å². The first-order chi connectivity index (χ1) is 10.6. The molecule has 5 heteroatoms. The number of rotatable bonds is 3. The van der Waals surface area contributed by atoms with Crippen molar-refractivity contribution in [3.05, 3.63) is 64.3 Å². The fraction of sp³-hybridized carbons (Fsp3) is 0.118. The van der Waals surface area contributed by atoms with Crippen molar-refractivity contribution in [3.8, 4) is 0 Å². The first kappa shape index (κ1) is 14.7. The van der Waals surface area contributed by atoms with Gasteiger partial charge in [-0.3, -0.25) is 5.10 Å². The van der Waals surface area contributed by atoms with Gasteiger partial charge in [0, 0.05) is 5.39 Å². The summed E-state index contributed by atoms with van der Waals surface area (Å²) in [4.78, 5) is 0. The summed E-state index contributed by atoms with van der Waals surface area (Å²) in [6.45, 7) is 1.97. The number of fused-ring (bicyclic) bond motifs is 1. The van der Waals surface area contributed by atoms with Gasteiger partial charge in [-0.2, -0.15) is 5.10 Å². The predicted octanol–water partition coefficient (Wildman–Crippen LogP) is 5.45. The molecular formula is C17H13ClF2N2. The van der Waals surface area contributed by atoms with Crippen LogP contribution in [0.15, 0.2) is 36.5 Å². The number of hydrogen-bond acceptors (Lipinski definition) is 1. The number of allylic oxidation sites excluding steroid dienone is 1. The van der Waals surface area contributed by atoms with Gasteiger partial charge in [0.25, 0.3) is 0 Å². The molecule has 112 valence electrons. The quantitative estimate of drug-likeness (QED) is 0.639. The van der Waals surface area contributed by atoms with E-state index < -0.39 is 0 Å². The minimum Gasteiger partial charge on any atom is -0.275 e. The summed E-state index contributed by atoms with van der Waals surface area (Å²) in [6.07, 6.45) is 4.12. The van der Waals surface area contributed by atoms with E-state index >= 15 is 0 Å². The molecule has 3 rings (SSSR count). The van der Waals surface area contributed by atoms with Gasteiger partial charge in [-0.15, -0.1) is 0 Å². The number of aromatic nitrogens is 2. The van der Waals surface area contributed by atoms with E-state index in [1.807, 2.05) is 19.1 Å². The largest absolute Gasteiger partial charge is 0.275 e. The van der Waals surface area contributed by atoms with Crippen molar-refractivity contribution in [1.82, 2.24) is 10.2 Å². The zero-order valence-electron chi connectivity index (χ0n) is 11.8. The first-order valence-electron chi connectivity index (χ1n) is 6.87. The van der Waals surface area contributed by atoms with Crippen LogP contribution in [0.5, 0.6) is 0 Å². The molecule has 0 saturated heterocycles. The van der Waals surface area contributed by atoms with Gasteiger partial charge in [-0.25, -0.2) is 8.78 Å². The zero-order chi connectivity index (χ0) is 15.7. The highest BCUT2D eigenvalue weighted by Crippen LogP contribution is 2.29. The van der Waals surface area contributed by atoms with Gasteiger partial charge in [0.05, 0.1) is 11.2 Å². The summed E-state index contributed by atoms with van der Waals surface area (Å²) in [5.41, 5.74) is 2.75. The van der Waals surface area contributed by atoms with Crippen molar-refractivity contribution in [2.75, 3.05) is 0 Å². The second-order valence-corrected chi connectivity index (χ2v) is 5.39. The van der Waals surface area contributed by atoms with Gasteiger partial charge in [-0.05, 0) is 47.4 Å². The zero-order valence-corrected chi connectivity index (χ0v) is 12.6. The fourth-order valence-corrected chi connectivity index (χ4v) is 2.73. The van der Waals surface area contributed by atoms with Gasteiger partial charge in [0.15, 0.2) is 0 Å². The number of halogens is 3. The highest BCUT2D eigenvalue weighted by Gasteiger charge is 2.09. The lowest BCUT2D eigenvalue weighted by Crippen LogP contribution is -1.88. The van der Waals surface area contributed by atoms with Gasteiger partial charge >= 0.3 is 0 Å². The van der Waals surface area contributed by atoms with Crippen LogP contribution < -0.4 is 0 Å². The Morgan fingerprint density at radius 2 is 2.09 bits per heavy atom. The van der Waals surface area contributed by atoms with Crippen molar-refractivity contribution in [3.63, 3.8) is 0 Å². The normalized spacial score (nSPS) is 12.1. The average Bonchev–Trinajstić information content (AvgIpc) is 2.94. The van der Waals surface area contributed by atoms with Gasteiger partial charge in [0.2, 0.25) is 0 Å². The molecule has 0 fully saturated rings. The standard InChI is InChI=1S/C17H13ClF2N2/c1-2-11(14-4-3-13(19)8-15(14)18)5-10-6-12-9-21-22-17(12)16(20)7-10/h3-9H,2H2,1H3,(H,21,22)/b11-5+. The lowest BCUT2D eigenvalue weighted by Gasteiger charge is -2.08. The van der Waals surface area contributed by atoms with E-state index in [2.05, 4.69) is 10.2 Å². The van der Waals surface area contributed by atoms with E-state index in [1.165, 1.54) is 18.2 Å². The van der Waals surface area contributed by atoms with E-state index in [9.17, 15) is 8.78 Å². The van der Waals surface area contributed by atoms with Crippen molar-refractivity contribution in [2.24, 2.45) is 0 Å². The lowest BCUT2D eigenvalue weighted by molar-refractivity contribution is 0.628. The fourth-order valence-electron chi connectivity index (χ4n) is 2.44. The topological polar surface area (TPSA) is 28.7 Å². The molecule has 0 aliphatic rings. The summed E-state index contributed by atoms with van der Waals surface area (Å²) in [5, 5.41) is 7.50. The summed E-state index contributed by atoms with van der Waals surface area (Å²) in [7, 11) is 0. The Kier molecular flexibility index (Phi) is 3.94. The SMILES string of the molecule is CC/C(=C\c1cc(F)c2[nH]ncc2c1)c1ccc(F)cc1Cl. The minimum atomic E-state index is -0.380. The second kappa shape index (κ2) is 5.89. The van der Waals surface area contributed by atoms with E-state index in [0.717, 1.165) is 11.1 Å². The average molecular weight is 319 g/mol. The number of nitrogens with zero attached hydrogens (tertiary/aromatic N) is 1. The maximum atomic E-state index is 14.0. The Balaban J connectivity index is 2.09. The summed E-state index contributed by atoms with van der Waals surface area (Å²) >= 11 is 6.11. The monoisotopic (exact) mass is 318 g/mol. The Hall–Kier alpha value is -2.20.